The lowest BCUT2D eigenvalue weighted by atomic mass is 10.5. The highest BCUT2D eigenvalue weighted by Gasteiger charge is 2.58. The van der Waals surface area contributed by atoms with E-state index < -0.39 is 11.8 Å². The largest absolute Gasteiger partial charge is 0.223 e. The molecule has 0 aromatic carbocycles. The summed E-state index contributed by atoms with van der Waals surface area (Å²) in [6.45, 7) is 0. The topological polar surface area (TPSA) is 0 Å². The van der Waals surface area contributed by atoms with Crippen LogP contribution in [0.25, 0.3) is 0 Å². The van der Waals surface area contributed by atoms with Gasteiger partial charge in [-0.05, 0) is 0 Å². The van der Waals surface area contributed by atoms with Gasteiger partial charge in [-0.15, -0.1) is 0 Å². The summed E-state index contributed by atoms with van der Waals surface area (Å²) in [5, 5.41) is 0. The maximum Gasteiger partial charge on any atom is 0.223 e. The van der Waals surface area contributed by atoms with Crippen LogP contribution in [0.2, 0.25) is 0 Å². The highest BCUT2D eigenvalue weighted by molar-refractivity contribution is 7.84. The van der Waals surface area contributed by atoms with Crippen molar-refractivity contribution in [2.24, 2.45) is 0 Å². The zero-order chi connectivity index (χ0) is 9.50. The van der Waals surface area contributed by atoms with Crippen LogP contribution in [-0.4, -0.2) is 11.8 Å². The van der Waals surface area contributed by atoms with Crippen molar-refractivity contribution in [3.05, 3.63) is 0 Å². The van der Waals surface area contributed by atoms with Gasteiger partial charge in [-0.2, -0.15) is 0 Å². The summed E-state index contributed by atoms with van der Waals surface area (Å²) in [5.74, 6) is 0. The van der Waals surface area contributed by atoms with Crippen molar-refractivity contribution < 1.29 is 0 Å². The number of halogens is 7. The first-order valence-corrected chi connectivity index (χ1v) is 5.08. The fourth-order valence-electron chi connectivity index (χ4n) is 0.161. The normalized spacial score (nSPS) is 15.3. The van der Waals surface area contributed by atoms with Gasteiger partial charge in [0.15, 0.2) is 4.21 Å². The molecule has 0 aromatic rings. The number of hydrogen-bond donors (Lipinski definition) is 0. The Hall–Kier alpha value is 2.38. The summed E-state index contributed by atoms with van der Waals surface area (Å²) in [5.41, 5.74) is 0. The minimum atomic E-state index is -2.02. The predicted molar refractivity (Wildman–Crippen MR) is 56.8 cm³/mol. The first-order chi connectivity index (χ1) is 4.50. The quantitative estimate of drug-likeness (QED) is 0.560. The molecule has 0 amide bonds. The van der Waals surface area contributed by atoms with Gasteiger partial charge in [-0.3, -0.25) is 0 Å². The van der Waals surface area contributed by atoms with E-state index in [0.717, 1.165) is 0 Å². The molecular weight excluding hydrogens is 316 g/mol. The minimum absolute atomic E-state index is 1.98. The molecule has 0 atom stereocenters. The number of rotatable bonds is 0. The molecule has 0 unspecified atom stereocenters. The summed E-state index contributed by atoms with van der Waals surface area (Å²) in [6, 6.07) is 0. The average Bonchev–Trinajstić information content (AvgIpc) is 1.58. The lowest BCUT2D eigenvalue weighted by Crippen LogP contribution is -2.43. The lowest BCUT2D eigenvalue weighted by Gasteiger charge is -2.33. The molecule has 0 saturated heterocycles. The standard InChI is InChI=1S/C3Cl7S/c4-1(11,2(5,6)7)3(8,9)10. The van der Waals surface area contributed by atoms with E-state index in [9.17, 15) is 0 Å². The van der Waals surface area contributed by atoms with Gasteiger partial charge in [0.2, 0.25) is 7.59 Å². The van der Waals surface area contributed by atoms with Crippen molar-refractivity contribution in [1.29, 1.82) is 0 Å². The van der Waals surface area contributed by atoms with Crippen LogP contribution >= 0.6 is 93.8 Å². The van der Waals surface area contributed by atoms with Gasteiger partial charge >= 0.3 is 0 Å². The SMILES string of the molecule is [S]C(Cl)(C(Cl)(Cl)Cl)C(Cl)(Cl)Cl. The van der Waals surface area contributed by atoms with E-state index in [1.54, 1.807) is 0 Å². The molecule has 11 heavy (non-hydrogen) atoms. The first kappa shape index (κ1) is 13.4. The molecule has 0 spiro atoms. The Morgan fingerprint density at radius 1 is 0.636 bits per heavy atom. The molecule has 0 aromatic heterocycles. The van der Waals surface area contributed by atoms with Crippen LogP contribution in [0.1, 0.15) is 0 Å². The molecule has 67 valence electrons. The summed E-state index contributed by atoms with van der Waals surface area (Å²) in [4.78, 5) is 0. The van der Waals surface area contributed by atoms with Crippen molar-refractivity contribution in [2.75, 3.05) is 0 Å². The van der Waals surface area contributed by atoms with Crippen LogP contribution in [0.15, 0.2) is 0 Å². The molecule has 0 saturated carbocycles. The van der Waals surface area contributed by atoms with E-state index in [-0.39, 0.29) is 0 Å². The Bertz CT molecular complexity index is 125. The van der Waals surface area contributed by atoms with E-state index >= 15 is 0 Å². The van der Waals surface area contributed by atoms with Crippen LogP contribution < -0.4 is 0 Å². The molecule has 0 rings (SSSR count). The van der Waals surface area contributed by atoms with E-state index in [2.05, 4.69) is 12.6 Å². The van der Waals surface area contributed by atoms with Gasteiger partial charge < -0.3 is 0 Å². The molecule has 0 bridgehead atoms. The highest BCUT2D eigenvalue weighted by atomic mass is 35.6. The summed E-state index contributed by atoms with van der Waals surface area (Å²) < 4.78 is -6.01. The number of alkyl halides is 7. The van der Waals surface area contributed by atoms with Crippen LogP contribution in [0.4, 0.5) is 0 Å². The third kappa shape index (κ3) is 3.21. The van der Waals surface area contributed by atoms with Gasteiger partial charge in [0.1, 0.15) is 0 Å². The predicted octanol–water partition coefficient (Wildman–Crippen LogP) is 4.86. The summed E-state index contributed by atoms with van der Waals surface area (Å²) >= 11 is 42.2. The first-order valence-electron chi connectivity index (χ1n) is 2.03. The van der Waals surface area contributed by atoms with Crippen molar-refractivity contribution in [3.8, 4) is 0 Å². The van der Waals surface area contributed by atoms with Gasteiger partial charge in [0.25, 0.3) is 0 Å². The molecule has 0 fully saturated rings. The van der Waals surface area contributed by atoms with Crippen LogP contribution in [0.3, 0.4) is 0 Å². The lowest BCUT2D eigenvalue weighted by molar-refractivity contribution is 0.840. The van der Waals surface area contributed by atoms with E-state index in [1.165, 1.54) is 0 Å². The molecule has 0 aliphatic carbocycles. The van der Waals surface area contributed by atoms with Gasteiger partial charge in [0.05, 0.1) is 0 Å². The van der Waals surface area contributed by atoms with Crippen LogP contribution in [0.5, 0.6) is 0 Å². The minimum Gasteiger partial charge on any atom is -0.0969 e. The van der Waals surface area contributed by atoms with Crippen LogP contribution in [0, 0.1) is 0 Å². The van der Waals surface area contributed by atoms with Crippen molar-refractivity contribution in [2.45, 2.75) is 11.8 Å². The van der Waals surface area contributed by atoms with Gasteiger partial charge in [-0.1, -0.05) is 93.8 Å². The zero-order valence-corrected chi connectivity index (χ0v) is 10.7. The maximum absolute atomic E-state index is 5.51. The molecule has 0 N–H and O–H groups in total. The second-order valence-corrected chi connectivity index (χ2v) is 7.56. The molecule has 0 aliphatic rings. The zero-order valence-electron chi connectivity index (χ0n) is 4.55. The molecule has 1 radical (unpaired) electrons. The fraction of sp³-hybridized carbons (Fsp3) is 1.00. The van der Waals surface area contributed by atoms with Crippen LogP contribution in [-0.2, 0) is 0 Å². The maximum atomic E-state index is 5.51. The fourth-order valence-corrected chi connectivity index (χ4v) is 1.45. The Balaban J connectivity index is 4.75. The monoisotopic (exact) mass is 313 g/mol. The summed E-state index contributed by atoms with van der Waals surface area (Å²) in [6.07, 6.45) is 0. The highest BCUT2D eigenvalue weighted by Crippen LogP contribution is 2.57. The molecule has 0 aliphatic heterocycles. The molecule has 8 heteroatoms. The average molecular weight is 316 g/mol. The van der Waals surface area contributed by atoms with Crippen molar-refractivity contribution >= 4 is 93.8 Å². The Morgan fingerprint density at radius 2 is 0.818 bits per heavy atom. The van der Waals surface area contributed by atoms with E-state index in [1.807, 2.05) is 0 Å². The Labute approximate surface area is 105 Å². The van der Waals surface area contributed by atoms with Crippen molar-refractivity contribution in [3.63, 3.8) is 0 Å². The van der Waals surface area contributed by atoms with E-state index in [4.69, 9.17) is 81.2 Å². The van der Waals surface area contributed by atoms with Gasteiger partial charge in [-0.25, -0.2) is 0 Å². The summed E-state index contributed by atoms with van der Waals surface area (Å²) in [7, 11) is 0. The second-order valence-electron chi connectivity index (χ2n) is 1.59. The number of hydrogen-bond acceptors (Lipinski definition) is 0. The molecule has 0 nitrogen and oxygen atoms in total. The van der Waals surface area contributed by atoms with Gasteiger partial charge in [0, 0.05) is 0 Å². The molecule has 0 heterocycles. The smallest absolute Gasteiger partial charge is 0.0969 e. The van der Waals surface area contributed by atoms with Crippen molar-refractivity contribution in [1.82, 2.24) is 0 Å². The Kier molecular flexibility index (Phi) is 4.70. The van der Waals surface area contributed by atoms with E-state index in [0.29, 0.717) is 0 Å². The third-order valence-electron chi connectivity index (χ3n) is 0.729. The second kappa shape index (κ2) is 3.86. The molecular formula is C3Cl7S. The Morgan fingerprint density at radius 3 is 0.818 bits per heavy atom. The third-order valence-corrected chi connectivity index (χ3v) is 4.86.